The normalized spacial score (nSPS) is 16.1. The molecule has 3 rings (SSSR count). The van der Waals surface area contributed by atoms with E-state index in [9.17, 15) is 18.4 Å². The molecule has 0 saturated heterocycles. The molecule has 1 heterocycles. The number of likely N-dealkylation sites (N-methyl/N-ethyl adjacent to an activating group) is 1. The molecule has 1 atom stereocenters. The average molecular weight is 432 g/mol. The summed E-state index contributed by atoms with van der Waals surface area (Å²) in [7, 11) is 2.93. The Bertz CT molecular complexity index is 1020. The summed E-state index contributed by atoms with van der Waals surface area (Å²) >= 11 is 0. The monoisotopic (exact) mass is 432 g/mol. The van der Waals surface area contributed by atoms with E-state index < -0.39 is 29.7 Å². The third-order valence-electron chi connectivity index (χ3n) is 4.78. The first-order valence-electron chi connectivity index (χ1n) is 9.52. The molecule has 1 aliphatic rings. The Balaban J connectivity index is 2.07. The van der Waals surface area contributed by atoms with Crippen molar-refractivity contribution in [2.24, 2.45) is 0 Å². The summed E-state index contributed by atoms with van der Waals surface area (Å²) in [6, 6.07) is 8.41. The maximum Gasteiger partial charge on any atom is 0.338 e. The molecule has 7 nitrogen and oxygen atoms in total. The minimum absolute atomic E-state index is 0.110. The van der Waals surface area contributed by atoms with Crippen molar-refractivity contribution in [3.05, 3.63) is 70.9 Å². The standard InChI is InChI=1S/C22H22F2N2O5/c1-4-30-21(27)19-16(12-31-18-10-9-13(23)11-15(18)24)26(2)22(28)25-20(19)14-7-5-6-8-17(14)29-3/h5-11,20H,4,12H2,1-3H3,(H,25,28)/t20-/m1/s1. The molecule has 2 aromatic carbocycles. The molecule has 0 spiro atoms. The lowest BCUT2D eigenvalue weighted by molar-refractivity contribution is -0.139. The van der Waals surface area contributed by atoms with Gasteiger partial charge in [0.2, 0.25) is 0 Å². The van der Waals surface area contributed by atoms with Gasteiger partial charge in [-0.1, -0.05) is 18.2 Å². The minimum Gasteiger partial charge on any atom is -0.496 e. The molecule has 164 valence electrons. The van der Waals surface area contributed by atoms with Crippen LogP contribution in [0, 0.1) is 11.6 Å². The molecule has 0 unspecified atom stereocenters. The fourth-order valence-corrected chi connectivity index (χ4v) is 3.26. The predicted octanol–water partition coefficient (Wildman–Crippen LogP) is 3.57. The Kier molecular flexibility index (Phi) is 6.74. The number of halogens is 2. The minimum atomic E-state index is -0.900. The van der Waals surface area contributed by atoms with Crippen molar-refractivity contribution in [2.75, 3.05) is 27.4 Å². The largest absolute Gasteiger partial charge is 0.496 e. The average Bonchev–Trinajstić information content (AvgIpc) is 2.75. The van der Waals surface area contributed by atoms with Gasteiger partial charge in [0.1, 0.15) is 18.2 Å². The topological polar surface area (TPSA) is 77.1 Å². The highest BCUT2D eigenvalue weighted by Crippen LogP contribution is 2.35. The van der Waals surface area contributed by atoms with Crippen LogP contribution in [0.15, 0.2) is 53.7 Å². The van der Waals surface area contributed by atoms with Crippen molar-refractivity contribution in [1.29, 1.82) is 0 Å². The van der Waals surface area contributed by atoms with Crippen LogP contribution in [0.4, 0.5) is 13.6 Å². The van der Waals surface area contributed by atoms with Crippen LogP contribution in [-0.4, -0.2) is 44.3 Å². The van der Waals surface area contributed by atoms with Gasteiger partial charge < -0.3 is 19.5 Å². The van der Waals surface area contributed by atoms with E-state index in [1.54, 1.807) is 31.2 Å². The number of amides is 2. The number of nitrogens with zero attached hydrogens (tertiary/aromatic N) is 1. The first-order valence-corrected chi connectivity index (χ1v) is 9.52. The highest BCUT2D eigenvalue weighted by molar-refractivity contribution is 5.95. The fourth-order valence-electron chi connectivity index (χ4n) is 3.26. The van der Waals surface area contributed by atoms with E-state index in [2.05, 4.69) is 5.32 Å². The summed E-state index contributed by atoms with van der Waals surface area (Å²) in [5.41, 5.74) is 0.845. The van der Waals surface area contributed by atoms with E-state index in [1.807, 2.05) is 0 Å². The third kappa shape index (κ3) is 4.60. The lowest BCUT2D eigenvalue weighted by Gasteiger charge is -2.34. The number of ether oxygens (including phenoxy) is 3. The number of esters is 1. The second-order valence-electron chi connectivity index (χ2n) is 6.63. The van der Waals surface area contributed by atoms with Crippen LogP contribution in [0.2, 0.25) is 0 Å². The van der Waals surface area contributed by atoms with Crippen molar-refractivity contribution in [1.82, 2.24) is 10.2 Å². The second kappa shape index (κ2) is 9.46. The van der Waals surface area contributed by atoms with Crippen LogP contribution in [0.1, 0.15) is 18.5 Å². The molecule has 0 aromatic heterocycles. The SMILES string of the molecule is CCOC(=O)C1=C(COc2ccc(F)cc2F)N(C)C(=O)N[C@@H]1c1ccccc1OC. The number of urea groups is 1. The van der Waals surface area contributed by atoms with Crippen LogP contribution < -0.4 is 14.8 Å². The first-order chi connectivity index (χ1) is 14.9. The van der Waals surface area contributed by atoms with Crippen LogP contribution in [0.5, 0.6) is 11.5 Å². The van der Waals surface area contributed by atoms with E-state index in [1.165, 1.54) is 19.1 Å². The molecule has 2 aromatic rings. The van der Waals surface area contributed by atoms with Crippen molar-refractivity contribution in [2.45, 2.75) is 13.0 Å². The third-order valence-corrected chi connectivity index (χ3v) is 4.78. The number of hydrogen-bond donors (Lipinski definition) is 1. The highest BCUT2D eigenvalue weighted by atomic mass is 19.1. The zero-order valence-corrected chi connectivity index (χ0v) is 17.3. The Morgan fingerprint density at radius 2 is 1.90 bits per heavy atom. The van der Waals surface area contributed by atoms with Gasteiger partial charge in [-0.2, -0.15) is 0 Å². The van der Waals surface area contributed by atoms with Crippen LogP contribution in [0.25, 0.3) is 0 Å². The lowest BCUT2D eigenvalue weighted by atomic mass is 9.94. The van der Waals surface area contributed by atoms with Crippen molar-refractivity contribution in [3.63, 3.8) is 0 Å². The predicted molar refractivity (Wildman–Crippen MR) is 108 cm³/mol. The van der Waals surface area contributed by atoms with Gasteiger partial charge in [0.15, 0.2) is 11.6 Å². The molecule has 0 aliphatic carbocycles. The number of carbonyl (C=O) groups excluding carboxylic acids is 2. The number of para-hydroxylation sites is 1. The van der Waals surface area contributed by atoms with Gasteiger partial charge in [0.05, 0.1) is 31.0 Å². The molecular formula is C22H22F2N2O5. The van der Waals surface area contributed by atoms with Gasteiger partial charge >= 0.3 is 12.0 Å². The maximum atomic E-state index is 14.0. The number of methoxy groups -OCH3 is 1. The Labute approximate surface area is 178 Å². The lowest BCUT2D eigenvalue weighted by Crippen LogP contribution is -2.48. The molecule has 31 heavy (non-hydrogen) atoms. The van der Waals surface area contributed by atoms with Crippen molar-refractivity contribution < 1.29 is 32.6 Å². The van der Waals surface area contributed by atoms with Gasteiger partial charge in [0, 0.05) is 18.7 Å². The Hall–Kier alpha value is -3.62. The van der Waals surface area contributed by atoms with Gasteiger partial charge in [-0.05, 0) is 25.1 Å². The van der Waals surface area contributed by atoms with Crippen LogP contribution in [0.3, 0.4) is 0 Å². The molecule has 2 amide bonds. The number of rotatable bonds is 7. The van der Waals surface area contributed by atoms with E-state index in [4.69, 9.17) is 14.2 Å². The number of carbonyl (C=O) groups is 2. The van der Waals surface area contributed by atoms with Gasteiger partial charge in [0.25, 0.3) is 0 Å². The van der Waals surface area contributed by atoms with E-state index in [0.29, 0.717) is 17.4 Å². The fraction of sp³-hybridized carbons (Fsp3) is 0.273. The van der Waals surface area contributed by atoms with Gasteiger partial charge in [-0.15, -0.1) is 0 Å². The van der Waals surface area contributed by atoms with E-state index in [0.717, 1.165) is 12.1 Å². The zero-order valence-electron chi connectivity index (χ0n) is 17.3. The first kappa shape index (κ1) is 22.1. The van der Waals surface area contributed by atoms with Crippen molar-refractivity contribution in [3.8, 4) is 11.5 Å². The summed E-state index contributed by atoms with van der Waals surface area (Å²) < 4.78 is 43.3. The summed E-state index contributed by atoms with van der Waals surface area (Å²) in [4.78, 5) is 26.7. The Morgan fingerprint density at radius 3 is 2.58 bits per heavy atom. The molecule has 0 fully saturated rings. The smallest absolute Gasteiger partial charge is 0.338 e. The molecule has 0 saturated carbocycles. The summed E-state index contributed by atoms with van der Waals surface area (Å²) in [6.45, 7) is 1.44. The quantitative estimate of drug-likeness (QED) is 0.677. The second-order valence-corrected chi connectivity index (χ2v) is 6.63. The highest BCUT2D eigenvalue weighted by Gasteiger charge is 2.38. The summed E-state index contributed by atoms with van der Waals surface area (Å²) in [5.74, 6) is -2.07. The maximum absolute atomic E-state index is 14.0. The molecule has 1 N–H and O–H groups in total. The Morgan fingerprint density at radius 1 is 1.16 bits per heavy atom. The molecular weight excluding hydrogens is 410 g/mol. The zero-order chi connectivity index (χ0) is 22.5. The van der Waals surface area contributed by atoms with E-state index >= 15 is 0 Å². The van der Waals surface area contributed by atoms with Crippen LogP contribution in [-0.2, 0) is 9.53 Å². The van der Waals surface area contributed by atoms with Crippen molar-refractivity contribution >= 4 is 12.0 Å². The van der Waals surface area contributed by atoms with E-state index in [-0.39, 0.29) is 30.2 Å². The molecule has 0 bridgehead atoms. The van der Waals surface area contributed by atoms with Gasteiger partial charge in [-0.25, -0.2) is 18.4 Å². The number of hydrogen-bond acceptors (Lipinski definition) is 5. The summed E-state index contributed by atoms with van der Waals surface area (Å²) in [5, 5.41) is 2.76. The molecule has 9 heteroatoms. The number of benzene rings is 2. The number of nitrogens with one attached hydrogen (secondary N) is 1. The van der Waals surface area contributed by atoms with Crippen LogP contribution >= 0.6 is 0 Å². The molecule has 1 aliphatic heterocycles. The summed E-state index contributed by atoms with van der Waals surface area (Å²) in [6.07, 6.45) is 0. The van der Waals surface area contributed by atoms with Gasteiger partial charge in [-0.3, -0.25) is 4.90 Å². The molecule has 0 radical (unpaired) electrons.